The monoisotopic (exact) mass is 425 g/mol. The molecule has 0 radical (unpaired) electrons. The molecule has 1 N–H and O–H groups in total. The lowest BCUT2D eigenvalue weighted by molar-refractivity contribution is -0.119. The SMILES string of the molecule is COCC(=O)Nc1nc(-c2ccc3c(c2)CCCN3C(=O)c2cccc(F)c2)cs1. The highest BCUT2D eigenvalue weighted by atomic mass is 32.1. The van der Waals surface area contributed by atoms with Crippen LogP contribution in [0.3, 0.4) is 0 Å². The third kappa shape index (κ3) is 4.24. The molecule has 4 rings (SSSR count). The summed E-state index contributed by atoms with van der Waals surface area (Å²) in [6.45, 7) is 0.566. The standard InChI is InChI=1S/C22H20FN3O3S/c1-29-12-20(27)25-22-24-18(13-30-22)14-7-8-19-15(10-14)5-3-9-26(19)21(28)16-4-2-6-17(23)11-16/h2,4,6-8,10-11,13H,3,5,9,12H2,1H3,(H,24,25,27). The molecule has 0 saturated heterocycles. The summed E-state index contributed by atoms with van der Waals surface area (Å²) in [6.07, 6.45) is 1.67. The molecule has 0 unspecified atom stereocenters. The highest BCUT2D eigenvalue weighted by Crippen LogP contribution is 2.33. The van der Waals surface area contributed by atoms with Crippen LogP contribution in [-0.4, -0.2) is 37.1 Å². The Morgan fingerprint density at radius 1 is 1.27 bits per heavy atom. The van der Waals surface area contributed by atoms with Crippen molar-refractivity contribution in [2.45, 2.75) is 12.8 Å². The van der Waals surface area contributed by atoms with Crippen molar-refractivity contribution in [3.8, 4) is 11.3 Å². The van der Waals surface area contributed by atoms with Crippen LogP contribution in [-0.2, 0) is 16.0 Å². The van der Waals surface area contributed by atoms with E-state index in [-0.39, 0.29) is 18.4 Å². The van der Waals surface area contributed by atoms with Gasteiger partial charge in [0.2, 0.25) is 0 Å². The Morgan fingerprint density at radius 2 is 2.13 bits per heavy atom. The summed E-state index contributed by atoms with van der Waals surface area (Å²) in [6, 6.07) is 11.6. The van der Waals surface area contributed by atoms with Crippen LogP contribution < -0.4 is 10.2 Å². The molecule has 0 bridgehead atoms. The zero-order valence-corrected chi connectivity index (χ0v) is 17.2. The zero-order valence-electron chi connectivity index (χ0n) is 16.4. The first kappa shape index (κ1) is 20.2. The molecule has 0 saturated carbocycles. The lowest BCUT2D eigenvalue weighted by Gasteiger charge is -2.30. The predicted molar refractivity (Wildman–Crippen MR) is 114 cm³/mol. The van der Waals surface area contributed by atoms with Gasteiger partial charge in [-0.2, -0.15) is 0 Å². The van der Waals surface area contributed by atoms with Crippen molar-refractivity contribution in [1.82, 2.24) is 4.98 Å². The largest absolute Gasteiger partial charge is 0.375 e. The van der Waals surface area contributed by atoms with E-state index in [1.807, 2.05) is 23.6 Å². The molecule has 6 nitrogen and oxygen atoms in total. The van der Waals surface area contributed by atoms with Gasteiger partial charge in [-0.1, -0.05) is 12.1 Å². The van der Waals surface area contributed by atoms with Crippen molar-refractivity contribution in [3.05, 3.63) is 64.8 Å². The van der Waals surface area contributed by atoms with Crippen molar-refractivity contribution in [3.63, 3.8) is 0 Å². The van der Waals surface area contributed by atoms with Gasteiger partial charge < -0.3 is 9.64 Å². The normalized spacial score (nSPS) is 13.1. The van der Waals surface area contributed by atoms with Crippen molar-refractivity contribution >= 4 is 34.0 Å². The highest BCUT2D eigenvalue weighted by molar-refractivity contribution is 7.14. The third-order valence-electron chi connectivity index (χ3n) is 4.84. The quantitative estimate of drug-likeness (QED) is 0.667. The first-order valence-electron chi connectivity index (χ1n) is 9.50. The molecule has 0 spiro atoms. The molecule has 1 aromatic heterocycles. The number of hydrogen-bond donors (Lipinski definition) is 1. The van der Waals surface area contributed by atoms with Crippen molar-refractivity contribution in [2.24, 2.45) is 0 Å². The number of nitrogens with one attached hydrogen (secondary N) is 1. The molecular formula is C22H20FN3O3S. The molecule has 30 heavy (non-hydrogen) atoms. The van der Waals surface area contributed by atoms with E-state index in [1.54, 1.807) is 17.0 Å². The van der Waals surface area contributed by atoms with E-state index in [0.717, 1.165) is 35.3 Å². The van der Waals surface area contributed by atoms with E-state index in [9.17, 15) is 14.0 Å². The Bertz CT molecular complexity index is 1100. The molecule has 2 heterocycles. The lowest BCUT2D eigenvalue weighted by atomic mass is 9.97. The number of benzene rings is 2. The lowest BCUT2D eigenvalue weighted by Crippen LogP contribution is -2.35. The Labute approximate surface area is 177 Å². The molecule has 3 aromatic rings. The fraction of sp³-hybridized carbons (Fsp3) is 0.227. The Balaban J connectivity index is 1.57. The maximum Gasteiger partial charge on any atom is 0.258 e. The summed E-state index contributed by atoms with van der Waals surface area (Å²) in [5, 5.41) is 5.08. The number of aromatic nitrogens is 1. The van der Waals surface area contributed by atoms with Gasteiger partial charge in [0.1, 0.15) is 12.4 Å². The number of amides is 2. The number of aryl methyl sites for hydroxylation is 1. The minimum atomic E-state index is -0.426. The van der Waals surface area contributed by atoms with Crippen LogP contribution in [0.15, 0.2) is 47.8 Å². The second-order valence-electron chi connectivity index (χ2n) is 6.93. The number of hydrogen-bond acceptors (Lipinski definition) is 5. The summed E-state index contributed by atoms with van der Waals surface area (Å²) in [5.41, 5.74) is 3.88. The number of thiazole rings is 1. The van der Waals surface area contributed by atoms with Gasteiger partial charge in [0, 0.05) is 35.8 Å². The van der Waals surface area contributed by atoms with E-state index in [2.05, 4.69) is 10.3 Å². The smallest absolute Gasteiger partial charge is 0.258 e. The molecule has 0 atom stereocenters. The molecule has 2 aromatic carbocycles. The number of halogens is 1. The van der Waals surface area contributed by atoms with Gasteiger partial charge in [-0.3, -0.25) is 14.9 Å². The number of anilines is 2. The van der Waals surface area contributed by atoms with Gasteiger partial charge >= 0.3 is 0 Å². The van der Waals surface area contributed by atoms with Gasteiger partial charge in [0.05, 0.1) is 5.69 Å². The number of rotatable bonds is 5. The number of carbonyl (C=O) groups excluding carboxylic acids is 2. The first-order valence-corrected chi connectivity index (χ1v) is 10.4. The van der Waals surface area contributed by atoms with E-state index in [4.69, 9.17) is 4.74 Å². The number of nitrogens with zero attached hydrogens (tertiary/aromatic N) is 2. The van der Waals surface area contributed by atoms with Crippen molar-refractivity contribution < 1.29 is 18.7 Å². The molecule has 0 fully saturated rings. The van der Waals surface area contributed by atoms with Gasteiger partial charge in [0.15, 0.2) is 5.13 Å². The summed E-state index contributed by atoms with van der Waals surface area (Å²) in [4.78, 5) is 30.8. The third-order valence-corrected chi connectivity index (χ3v) is 5.59. The summed E-state index contributed by atoms with van der Waals surface area (Å²) >= 11 is 1.34. The minimum Gasteiger partial charge on any atom is -0.375 e. The predicted octanol–water partition coefficient (Wildman–Crippen LogP) is 4.13. The topological polar surface area (TPSA) is 71.5 Å². The van der Waals surface area contributed by atoms with Crippen LogP contribution in [0.4, 0.5) is 15.2 Å². The van der Waals surface area contributed by atoms with Crippen LogP contribution in [0.1, 0.15) is 22.3 Å². The molecule has 154 valence electrons. The Kier molecular flexibility index (Phi) is 5.87. The maximum absolute atomic E-state index is 13.5. The van der Waals surface area contributed by atoms with E-state index >= 15 is 0 Å². The molecule has 1 aliphatic heterocycles. The number of carbonyl (C=O) groups is 2. The van der Waals surface area contributed by atoms with E-state index < -0.39 is 5.82 Å². The summed E-state index contributed by atoms with van der Waals surface area (Å²) < 4.78 is 18.4. The number of ether oxygens (including phenoxy) is 1. The van der Waals surface area contributed by atoms with Crippen molar-refractivity contribution in [2.75, 3.05) is 30.5 Å². The zero-order chi connectivity index (χ0) is 21.1. The fourth-order valence-electron chi connectivity index (χ4n) is 3.49. The molecule has 8 heteroatoms. The van der Waals surface area contributed by atoms with Crippen LogP contribution >= 0.6 is 11.3 Å². The van der Waals surface area contributed by atoms with E-state index in [1.165, 1.54) is 30.6 Å². The molecule has 0 aliphatic carbocycles. The highest BCUT2D eigenvalue weighted by Gasteiger charge is 2.24. The molecule has 1 aliphatic rings. The first-order chi connectivity index (χ1) is 14.5. The molecular weight excluding hydrogens is 405 g/mol. The second-order valence-corrected chi connectivity index (χ2v) is 7.79. The Hall–Kier alpha value is -3.10. The number of fused-ring (bicyclic) bond motifs is 1. The van der Waals surface area contributed by atoms with E-state index in [0.29, 0.717) is 17.2 Å². The van der Waals surface area contributed by atoms with Crippen LogP contribution in [0.5, 0.6) is 0 Å². The average Bonchev–Trinajstić information content (AvgIpc) is 3.21. The number of methoxy groups -OCH3 is 1. The van der Waals surface area contributed by atoms with Crippen molar-refractivity contribution in [1.29, 1.82) is 0 Å². The molecule has 2 amide bonds. The van der Waals surface area contributed by atoms with Gasteiger partial charge in [-0.15, -0.1) is 11.3 Å². The fourth-order valence-corrected chi connectivity index (χ4v) is 4.23. The van der Waals surface area contributed by atoms with Crippen LogP contribution in [0.25, 0.3) is 11.3 Å². The second kappa shape index (κ2) is 8.73. The van der Waals surface area contributed by atoms with Crippen LogP contribution in [0.2, 0.25) is 0 Å². The van der Waals surface area contributed by atoms with Gasteiger partial charge in [-0.25, -0.2) is 9.37 Å². The Morgan fingerprint density at radius 3 is 2.93 bits per heavy atom. The summed E-state index contributed by atoms with van der Waals surface area (Å²) in [7, 11) is 1.46. The van der Waals surface area contributed by atoms with Crippen LogP contribution in [0, 0.1) is 5.82 Å². The van der Waals surface area contributed by atoms with Gasteiger partial charge in [-0.05, 0) is 48.7 Å². The van der Waals surface area contributed by atoms with Gasteiger partial charge in [0.25, 0.3) is 11.8 Å². The maximum atomic E-state index is 13.5. The summed E-state index contributed by atoms with van der Waals surface area (Å²) in [5.74, 6) is -0.888. The average molecular weight is 425 g/mol. The minimum absolute atomic E-state index is 0.0249.